The average Bonchev–Trinajstić information content (AvgIpc) is 3.44. The first-order chi connectivity index (χ1) is 15.3. The number of likely N-dealkylation sites (tertiary alicyclic amines) is 1. The summed E-state index contributed by atoms with van der Waals surface area (Å²) < 4.78 is 0. The maximum atomic E-state index is 11.9. The summed E-state index contributed by atoms with van der Waals surface area (Å²) >= 11 is 1.63. The minimum absolute atomic E-state index is 0.271. The summed E-state index contributed by atoms with van der Waals surface area (Å²) in [5, 5.41) is 6.72. The van der Waals surface area contributed by atoms with Crippen molar-refractivity contribution in [3.63, 3.8) is 0 Å². The van der Waals surface area contributed by atoms with Gasteiger partial charge in [0, 0.05) is 55.0 Å². The van der Waals surface area contributed by atoms with Crippen LogP contribution in [0, 0.1) is 0 Å². The van der Waals surface area contributed by atoms with Gasteiger partial charge in [-0.3, -0.25) is 9.78 Å². The molecule has 1 aliphatic rings. The lowest BCUT2D eigenvalue weighted by Gasteiger charge is -2.16. The van der Waals surface area contributed by atoms with Crippen molar-refractivity contribution in [2.75, 3.05) is 25.0 Å². The van der Waals surface area contributed by atoms with E-state index >= 15 is 0 Å². The molecule has 0 aliphatic carbocycles. The van der Waals surface area contributed by atoms with Crippen LogP contribution < -0.4 is 5.32 Å². The molecule has 5 rings (SSSR count). The Balaban J connectivity index is 1.47. The number of nitrogens with zero attached hydrogens (tertiary/aromatic N) is 4. The van der Waals surface area contributed by atoms with Gasteiger partial charge in [0.25, 0.3) is 0 Å². The fourth-order valence-corrected chi connectivity index (χ4v) is 4.89. The van der Waals surface area contributed by atoms with Crippen LogP contribution in [0.25, 0.3) is 32.7 Å². The summed E-state index contributed by atoms with van der Waals surface area (Å²) in [4.78, 5) is 28.7. The quantitative estimate of drug-likeness (QED) is 0.426. The molecular weight excluding hydrogens is 406 g/mol. The van der Waals surface area contributed by atoms with Gasteiger partial charge >= 0.3 is 0 Å². The Morgan fingerprint density at radius 3 is 2.71 bits per heavy atom. The van der Waals surface area contributed by atoms with E-state index in [1.807, 2.05) is 35.2 Å². The van der Waals surface area contributed by atoms with Crippen LogP contribution in [0.3, 0.4) is 0 Å². The number of pyridine rings is 1. The van der Waals surface area contributed by atoms with Crippen molar-refractivity contribution in [2.45, 2.75) is 19.3 Å². The maximum absolute atomic E-state index is 11.9. The number of aromatic nitrogens is 3. The summed E-state index contributed by atoms with van der Waals surface area (Å²) in [5.41, 5.74) is 3.18. The van der Waals surface area contributed by atoms with Crippen LogP contribution >= 0.6 is 11.3 Å². The highest BCUT2D eigenvalue weighted by Gasteiger charge is 2.20. The topological polar surface area (TPSA) is 71.0 Å². The van der Waals surface area contributed by atoms with Gasteiger partial charge in [-0.05, 0) is 30.5 Å². The molecule has 3 aromatic heterocycles. The molecule has 0 radical (unpaired) electrons. The Hall–Kier alpha value is -3.32. The van der Waals surface area contributed by atoms with Crippen LogP contribution in [-0.4, -0.2) is 45.4 Å². The van der Waals surface area contributed by atoms with Crippen molar-refractivity contribution in [1.82, 2.24) is 19.9 Å². The number of hydrogen-bond donors (Lipinski definition) is 1. The van der Waals surface area contributed by atoms with Gasteiger partial charge in [0.1, 0.15) is 10.6 Å². The molecule has 4 heterocycles. The monoisotopic (exact) mass is 429 g/mol. The Morgan fingerprint density at radius 1 is 1.06 bits per heavy atom. The third-order valence-corrected chi connectivity index (χ3v) is 6.38. The number of carbonyl (C=O) groups is 1. The van der Waals surface area contributed by atoms with Gasteiger partial charge in [-0.25, -0.2) is 9.97 Å². The summed E-state index contributed by atoms with van der Waals surface area (Å²) in [7, 11) is 0. The average molecular weight is 430 g/mol. The summed E-state index contributed by atoms with van der Waals surface area (Å²) in [6.45, 7) is 2.40. The van der Waals surface area contributed by atoms with E-state index < -0.39 is 0 Å². The standard InChI is InChI=1S/C24H23N5OS/c30-20-10-5-13-29(20)14-6-12-26-23-21-19(17-7-2-1-3-8-17)16-31-24(21)28-22(27-23)18-9-4-11-25-15-18/h1-4,7-9,11,15-16H,5-6,10,12-14H2,(H,26,27,28). The number of rotatable bonds is 7. The zero-order valence-electron chi connectivity index (χ0n) is 17.1. The van der Waals surface area contributed by atoms with Crippen molar-refractivity contribution in [3.05, 3.63) is 60.2 Å². The molecular formula is C24H23N5OS. The van der Waals surface area contributed by atoms with Crippen LogP contribution in [0.5, 0.6) is 0 Å². The van der Waals surface area contributed by atoms with Gasteiger partial charge in [0.15, 0.2) is 5.82 Å². The second-order valence-corrected chi connectivity index (χ2v) is 8.46. The first kappa shape index (κ1) is 19.6. The van der Waals surface area contributed by atoms with Crippen LogP contribution in [-0.2, 0) is 4.79 Å². The van der Waals surface area contributed by atoms with Crippen LogP contribution in [0.2, 0.25) is 0 Å². The molecule has 1 saturated heterocycles. The number of thiophene rings is 1. The van der Waals surface area contributed by atoms with Gasteiger partial charge in [-0.15, -0.1) is 11.3 Å². The van der Waals surface area contributed by atoms with Crippen molar-refractivity contribution in [3.8, 4) is 22.5 Å². The minimum atomic E-state index is 0.271. The third-order valence-electron chi connectivity index (χ3n) is 5.51. The Labute approximate surface area is 185 Å². The second kappa shape index (κ2) is 8.81. The molecule has 0 bridgehead atoms. The largest absolute Gasteiger partial charge is 0.369 e. The van der Waals surface area contributed by atoms with E-state index in [1.54, 1.807) is 23.7 Å². The molecule has 1 fully saturated rings. The lowest BCUT2D eigenvalue weighted by molar-refractivity contribution is -0.127. The van der Waals surface area contributed by atoms with Gasteiger partial charge in [-0.2, -0.15) is 0 Å². The second-order valence-electron chi connectivity index (χ2n) is 7.60. The smallest absolute Gasteiger partial charge is 0.222 e. The molecule has 0 saturated carbocycles. The maximum Gasteiger partial charge on any atom is 0.222 e. The minimum Gasteiger partial charge on any atom is -0.369 e. The number of fused-ring (bicyclic) bond motifs is 1. The molecule has 1 N–H and O–H groups in total. The van der Waals surface area contributed by atoms with Gasteiger partial charge < -0.3 is 10.2 Å². The molecule has 0 atom stereocenters. The molecule has 1 aromatic carbocycles. The molecule has 0 spiro atoms. The summed E-state index contributed by atoms with van der Waals surface area (Å²) in [6.07, 6.45) is 6.08. The molecule has 0 unspecified atom stereocenters. The number of nitrogens with one attached hydrogen (secondary N) is 1. The molecule has 1 aliphatic heterocycles. The van der Waals surface area contributed by atoms with E-state index in [0.29, 0.717) is 12.2 Å². The zero-order chi connectivity index (χ0) is 21.0. The van der Waals surface area contributed by atoms with E-state index in [1.165, 1.54) is 0 Å². The lowest BCUT2D eigenvalue weighted by Crippen LogP contribution is -2.27. The third kappa shape index (κ3) is 4.14. The molecule has 4 aromatic rings. The summed E-state index contributed by atoms with van der Waals surface area (Å²) in [5.74, 6) is 1.77. The highest BCUT2D eigenvalue weighted by molar-refractivity contribution is 7.17. The molecule has 156 valence electrons. The van der Waals surface area contributed by atoms with Crippen molar-refractivity contribution >= 4 is 33.3 Å². The molecule has 6 nitrogen and oxygen atoms in total. The number of anilines is 1. The lowest BCUT2D eigenvalue weighted by atomic mass is 10.1. The van der Waals surface area contributed by atoms with E-state index in [0.717, 1.165) is 65.2 Å². The number of amides is 1. The van der Waals surface area contributed by atoms with E-state index in [9.17, 15) is 4.79 Å². The van der Waals surface area contributed by atoms with Crippen molar-refractivity contribution in [2.24, 2.45) is 0 Å². The highest BCUT2D eigenvalue weighted by atomic mass is 32.1. The molecule has 1 amide bonds. The van der Waals surface area contributed by atoms with Crippen molar-refractivity contribution < 1.29 is 4.79 Å². The van der Waals surface area contributed by atoms with Gasteiger partial charge in [0.05, 0.1) is 5.39 Å². The highest BCUT2D eigenvalue weighted by Crippen LogP contribution is 2.38. The van der Waals surface area contributed by atoms with Crippen LogP contribution in [0.15, 0.2) is 60.2 Å². The van der Waals surface area contributed by atoms with Gasteiger partial charge in [0.2, 0.25) is 5.91 Å². The SMILES string of the molecule is O=C1CCCN1CCCNc1nc(-c2cccnc2)nc2scc(-c3ccccc3)c12. The van der Waals surface area contributed by atoms with E-state index in [-0.39, 0.29) is 5.91 Å². The first-order valence-corrected chi connectivity index (χ1v) is 11.4. The predicted octanol–water partition coefficient (Wildman–Crippen LogP) is 4.84. The Morgan fingerprint density at radius 2 is 1.94 bits per heavy atom. The van der Waals surface area contributed by atoms with Gasteiger partial charge in [-0.1, -0.05) is 30.3 Å². The summed E-state index contributed by atoms with van der Waals surface area (Å²) in [6, 6.07) is 14.2. The first-order valence-electron chi connectivity index (χ1n) is 10.6. The fraction of sp³-hybridized carbons (Fsp3) is 0.250. The normalized spacial score (nSPS) is 13.8. The Bertz CT molecular complexity index is 1190. The van der Waals surface area contributed by atoms with E-state index in [2.05, 4.69) is 27.8 Å². The van der Waals surface area contributed by atoms with Crippen LogP contribution in [0.4, 0.5) is 5.82 Å². The van der Waals surface area contributed by atoms with Crippen LogP contribution in [0.1, 0.15) is 19.3 Å². The number of benzene rings is 1. The molecule has 7 heteroatoms. The zero-order valence-corrected chi connectivity index (χ0v) is 17.9. The number of hydrogen-bond acceptors (Lipinski definition) is 6. The van der Waals surface area contributed by atoms with E-state index in [4.69, 9.17) is 9.97 Å². The molecule has 31 heavy (non-hydrogen) atoms. The fourth-order valence-electron chi connectivity index (χ4n) is 3.94. The predicted molar refractivity (Wildman–Crippen MR) is 125 cm³/mol. The van der Waals surface area contributed by atoms with Crippen molar-refractivity contribution in [1.29, 1.82) is 0 Å². The number of carbonyl (C=O) groups excluding carboxylic acids is 1. The Kier molecular flexibility index (Phi) is 5.58.